The molecule has 0 bridgehead atoms. The number of benzene rings is 2. The van der Waals surface area contributed by atoms with Crippen molar-refractivity contribution in [3.8, 4) is 0 Å². The van der Waals surface area contributed by atoms with Gasteiger partial charge in [-0.2, -0.15) is 0 Å². The largest absolute Gasteiger partial charge is 0.383 e. The Morgan fingerprint density at radius 1 is 1.12 bits per heavy atom. The molecular formula is C26H29FN2O4. The smallest absolute Gasteiger partial charge is 0.241 e. The van der Waals surface area contributed by atoms with Gasteiger partial charge < -0.3 is 9.64 Å². The third-order valence-corrected chi connectivity index (χ3v) is 6.82. The Hall–Kier alpha value is -3.06. The minimum atomic E-state index is -1.53. The van der Waals surface area contributed by atoms with Gasteiger partial charge in [-0.15, -0.1) is 0 Å². The van der Waals surface area contributed by atoms with Crippen LogP contribution in [0.25, 0.3) is 0 Å². The lowest BCUT2D eigenvalue weighted by Crippen LogP contribution is -2.46. The van der Waals surface area contributed by atoms with E-state index in [0.29, 0.717) is 13.1 Å². The fourth-order valence-corrected chi connectivity index (χ4v) is 5.07. The highest BCUT2D eigenvalue weighted by molar-refractivity contribution is 6.10. The molecule has 4 rings (SSSR count). The van der Waals surface area contributed by atoms with Crippen molar-refractivity contribution in [3.05, 3.63) is 71.5 Å². The predicted molar refractivity (Wildman–Crippen MR) is 121 cm³/mol. The van der Waals surface area contributed by atoms with Crippen LogP contribution in [0.1, 0.15) is 42.7 Å². The second-order valence-corrected chi connectivity index (χ2v) is 8.85. The first-order valence-corrected chi connectivity index (χ1v) is 11.4. The number of amides is 3. The summed E-state index contributed by atoms with van der Waals surface area (Å²) in [4.78, 5) is 42.7. The van der Waals surface area contributed by atoms with E-state index in [0.717, 1.165) is 17.7 Å². The number of hydrogen-bond donors (Lipinski definition) is 0. The van der Waals surface area contributed by atoms with Crippen LogP contribution in [0.2, 0.25) is 0 Å². The minimum absolute atomic E-state index is 0.0817. The van der Waals surface area contributed by atoms with Crippen molar-refractivity contribution in [1.82, 2.24) is 9.80 Å². The zero-order chi connectivity index (χ0) is 23.4. The molecule has 0 aromatic heterocycles. The van der Waals surface area contributed by atoms with Crippen molar-refractivity contribution in [2.45, 2.75) is 37.0 Å². The highest BCUT2D eigenvalue weighted by atomic mass is 19.1. The highest BCUT2D eigenvalue weighted by Gasteiger charge is 2.55. The summed E-state index contributed by atoms with van der Waals surface area (Å²) in [6, 6.07) is 16.0. The molecule has 3 amide bonds. The molecule has 2 aliphatic heterocycles. The summed E-state index contributed by atoms with van der Waals surface area (Å²) in [7, 11) is 1.48. The van der Waals surface area contributed by atoms with Crippen LogP contribution >= 0.6 is 0 Å². The fourth-order valence-electron chi connectivity index (χ4n) is 5.07. The average Bonchev–Trinajstić information content (AvgIpc) is 3.07. The number of rotatable bonds is 7. The molecule has 6 nitrogen and oxygen atoms in total. The van der Waals surface area contributed by atoms with Gasteiger partial charge in [0.1, 0.15) is 5.82 Å². The van der Waals surface area contributed by atoms with Crippen molar-refractivity contribution in [1.29, 1.82) is 0 Å². The third-order valence-electron chi connectivity index (χ3n) is 6.82. The molecule has 0 aliphatic carbocycles. The predicted octanol–water partition coefficient (Wildman–Crippen LogP) is 3.27. The average molecular weight is 453 g/mol. The molecule has 7 heteroatoms. The van der Waals surface area contributed by atoms with Gasteiger partial charge in [-0.25, -0.2) is 4.39 Å². The monoisotopic (exact) mass is 452 g/mol. The molecule has 0 saturated carbocycles. The van der Waals surface area contributed by atoms with E-state index in [-0.39, 0.29) is 43.4 Å². The summed E-state index contributed by atoms with van der Waals surface area (Å²) in [5.74, 6) is -1.53. The lowest BCUT2D eigenvalue weighted by atomic mass is 9.75. The molecule has 2 heterocycles. The Morgan fingerprint density at radius 3 is 2.58 bits per heavy atom. The molecule has 174 valence electrons. The van der Waals surface area contributed by atoms with Crippen LogP contribution < -0.4 is 0 Å². The zero-order valence-electron chi connectivity index (χ0n) is 18.8. The van der Waals surface area contributed by atoms with Gasteiger partial charge in [0.05, 0.1) is 18.6 Å². The first kappa shape index (κ1) is 23.1. The Bertz CT molecular complexity index is 1030. The number of carbonyl (C=O) groups excluding carboxylic acids is 3. The molecule has 0 unspecified atom stereocenters. The number of hydrogen-bond acceptors (Lipinski definition) is 4. The van der Waals surface area contributed by atoms with Crippen molar-refractivity contribution in [3.63, 3.8) is 0 Å². The lowest BCUT2D eigenvalue weighted by molar-refractivity contribution is -0.143. The number of ether oxygens (including phenoxy) is 1. The molecule has 0 radical (unpaired) electrons. The first-order valence-electron chi connectivity index (χ1n) is 11.4. The Labute approximate surface area is 193 Å². The van der Waals surface area contributed by atoms with Gasteiger partial charge in [-0.05, 0) is 24.5 Å². The maximum absolute atomic E-state index is 14.9. The molecule has 0 spiro atoms. The summed E-state index contributed by atoms with van der Waals surface area (Å²) in [6.45, 7) is 1.40. The first-order chi connectivity index (χ1) is 16.0. The van der Waals surface area contributed by atoms with Gasteiger partial charge in [0, 0.05) is 44.5 Å². The maximum Gasteiger partial charge on any atom is 0.241 e. The summed E-state index contributed by atoms with van der Waals surface area (Å²) >= 11 is 0. The molecular weight excluding hydrogens is 423 g/mol. The number of methoxy groups -OCH3 is 1. The molecule has 2 fully saturated rings. The highest BCUT2D eigenvalue weighted by Crippen LogP contribution is 2.42. The number of imide groups is 1. The Balaban J connectivity index is 1.61. The number of halogens is 1. The standard InChI is InChI=1S/C26H29FN2O4/c1-33-15-14-29-24(31)17-26(25(29)32,21-11-5-6-12-22(21)27)16-23(30)28-13-7-10-20(18-28)19-8-3-2-4-9-19/h2-6,8-9,11-12,20H,7,10,13-18H2,1H3/t20-,26-/m1/s1. The lowest BCUT2D eigenvalue weighted by Gasteiger charge is -2.36. The third kappa shape index (κ3) is 4.55. The van der Waals surface area contributed by atoms with Crippen molar-refractivity contribution in [2.24, 2.45) is 0 Å². The maximum atomic E-state index is 14.9. The fraction of sp³-hybridized carbons (Fsp3) is 0.423. The topological polar surface area (TPSA) is 66.9 Å². The Morgan fingerprint density at radius 2 is 1.85 bits per heavy atom. The summed E-state index contributed by atoms with van der Waals surface area (Å²) < 4.78 is 19.9. The Kier molecular flexibility index (Phi) is 6.88. The van der Waals surface area contributed by atoms with Crippen LogP contribution in [0, 0.1) is 5.82 Å². The molecule has 2 aromatic rings. The summed E-state index contributed by atoms with van der Waals surface area (Å²) in [5, 5.41) is 0. The van der Waals surface area contributed by atoms with E-state index in [1.807, 2.05) is 18.2 Å². The van der Waals surface area contributed by atoms with Crippen LogP contribution in [0.5, 0.6) is 0 Å². The van der Waals surface area contributed by atoms with Gasteiger partial charge >= 0.3 is 0 Å². The van der Waals surface area contributed by atoms with Crippen LogP contribution in [-0.2, 0) is 24.5 Å². The van der Waals surface area contributed by atoms with Gasteiger partial charge in [0.2, 0.25) is 17.7 Å². The SMILES string of the molecule is COCCN1C(=O)C[C@](CC(=O)N2CCC[C@@H](c3ccccc3)C2)(c2ccccc2F)C1=O. The molecule has 2 aliphatic rings. The van der Waals surface area contributed by atoms with Crippen LogP contribution in [0.15, 0.2) is 54.6 Å². The molecule has 2 aromatic carbocycles. The van der Waals surface area contributed by atoms with Gasteiger partial charge in [0.15, 0.2) is 0 Å². The molecule has 2 atom stereocenters. The van der Waals surface area contributed by atoms with Crippen molar-refractivity contribution < 1.29 is 23.5 Å². The van der Waals surface area contributed by atoms with E-state index in [2.05, 4.69) is 12.1 Å². The summed E-state index contributed by atoms with van der Waals surface area (Å²) in [6.07, 6.45) is 1.38. The quantitative estimate of drug-likeness (QED) is 0.605. The molecule has 0 N–H and O–H groups in total. The second-order valence-electron chi connectivity index (χ2n) is 8.85. The normalized spacial score (nSPS) is 23.3. The second kappa shape index (κ2) is 9.83. The van der Waals surface area contributed by atoms with E-state index in [1.54, 1.807) is 11.0 Å². The van der Waals surface area contributed by atoms with E-state index < -0.39 is 23.0 Å². The van der Waals surface area contributed by atoms with Crippen LogP contribution in [0.3, 0.4) is 0 Å². The summed E-state index contributed by atoms with van der Waals surface area (Å²) in [5.41, 5.74) is -0.252. The minimum Gasteiger partial charge on any atom is -0.383 e. The molecule has 2 saturated heterocycles. The van der Waals surface area contributed by atoms with Gasteiger partial charge in [-0.1, -0.05) is 48.5 Å². The van der Waals surface area contributed by atoms with Gasteiger partial charge in [0.25, 0.3) is 0 Å². The van der Waals surface area contributed by atoms with Gasteiger partial charge in [-0.3, -0.25) is 19.3 Å². The van der Waals surface area contributed by atoms with Crippen molar-refractivity contribution >= 4 is 17.7 Å². The number of piperidine rings is 1. The zero-order valence-corrected chi connectivity index (χ0v) is 18.8. The number of likely N-dealkylation sites (tertiary alicyclic amines) is 2. The van der Waals surface area contributed by atoms with E-state index >= 15 is 0 Å². The van der Waals surface area contributed by atoms with Crippen LogP contribution in [0.4, 0.5) is 4.39 Å². The number of carbonyl (C=O) groups is 3. The van der Waals surface area contributed by atoms with Crippen LogP contribution in [-0.4, -0.2) is 60.9 Å². The van der Waals surface area contributed by atoms with E-state index in [1.165, 1.54) is 30.9 Å². The van der Waals surface area contributed by atoms with E-state index in [4.69, 9.17) is 4.74 Å². The number of nitrogens with zero attached hydrogens (tertiary/aromatic N) is 2. The molecule has 33 heavy (non-hydrogen) atoms. The van der Waals surface area contributed by atoms with Crippen molar-refractivity contribution in [2.75, 3.05) is 33.4 Å². The van der Waals surface area contributed by atoms with E-state index in [9.17, 15) is 18.8 Å².